The van der Waals surface area contributed by atoms with Crippen LogP contribution in [0.1, 0.15) is 5.69 Å². The summed E-state index contributed by atoms with van der Waals surface area (Å²) in [5.41, 5.74) is 10.3. The Morgan fingerprint density at radius 3 is 2.88 bits per heavy atom. The molecular weight excluding hydrogens is 202 g/mol. The lowest BCUT2D eigenvalue weighted by atomic mass is 10.2. The van der Waals surface area contributed by atoms with Crippen LogP contribution >= 0.6 is 0 Å². The fourth-order valence-corrected chi connectivity index (χ4v) is 1.48. The lowest BCUT2D eigenvalue weighted by Crippen LogP contribution is -2.36. The molecule has 0 radical (unpaired) electrons. The first kappa shape index (κ1) is 10.4. The van der Waals surface area contributed by atoms with Crippen molar-refractivity contribution in [1.29, 1.82) is 0 Å². The van der Waals surface area contributed by atoms with Gasteiger partial charge in [-0.05, 0) is 19.1 Å². The molecule has 16 heavy (non-hydrogen) atoms. The fourth-order valence-electron chi connectivity index (χ4n) is 1.48. The van der Waals surface area contributed by atoms with Crippen molar-refractivity contribution in [2.45, 2.75) is 6.92 Å². The molecule has 0 aliphatic heterocycles. The minimum Gasteiger partial charge on any atom is -0.369 e. The highest BCUT2D eigenvalue weighted by Crippen LogP contribution is 2.23. The molecule has 5 heteroatoms. The van der Waals surface area contributed by atoms with Gasteiger partial charge < -0.3 is 5.73 Å². The number of nitrogens with two attached hydrogens (primary N) is 2. The number of fused-ring (bicyclic) bond motifs is 1. The van der Waals surface area contributed by atoms with E-state index in [2.05, 4.69) is 15.4 Å². The maximum absolute atomic E-state index is 5.52. The third-order valence-electron chi connectivity index (χ3n) is 2.23. The Morgan fingerprint density at radius 1 is 1.31 bits per heavy atom. The van der Waals surface area contributed by atoms with E-state index in [0.29, 0.717) is 5.69 Å². The molecular formula is C11H13N5. The Kier molecular flexibility index (Phi) is 2.70. The molecule has 0 amide bonds. The zero-order chi connectivity index (χ0) is 11.5. The molecule has 82 valence electrons. The number of aryl methyl sites for hydroxylation is 1. The number of hydrogen-bond acceptors (Lipinski definition) is 3. The van der Waals surface area contributed by atoms with Gasteiger partial charge in [-0.2, -0.15) is 0 Å². The van der Waals surface area contributed by atoms with E-state index < -0.39 is 0 Å². The fraction of sp³-hybridized carbons (Fsp3) is 0.0909. The highest BCUT2D eigenvalue weighted by Gasteiger charge is 2.01. The third kappa shape index (κ3) is 1.94. The lowest BCUT2D eigenvalue weighted by molar-refractivity contribution is 1.01. The molecule has 2 aromatic rings. The summed E-state index contributed by atoms with van der Waals surface area (Å²) in [5, 5.41) is 1.02. The summed E-state index contributed by atoms with van der Waals surface area (Å²) in [4.78, 5) is 8.57. The van der Waals surface area contributed by atoms with Crippen molar-refractivity contribution in [3.63, 3.8) is 0 Å². The highest BCUT2D eigenvalue weighted by atomic mass is 15.3. The first-order chi connectivity index (χ1) is 7.70. The number of hydrogen-bond donors (Lipinski definition) is 3. The van der Waals surface area contributed by atoms with Crippen LogP contribution in [-0.2, 0) is 0 Å². The van der Waals surface area contributed by atoms with Gasteiger partial charge in [0, 0.05) is 11.1 Å². The molecule has 0 unspecified atom stereocenters. The Bertz CT molecular complexity index is 547. The molecule has 0 aliphatic rings. The lowest BCUT2D eigenvalue weighted by Gasteiger charge is -2.03. The molecule has 0 fully saturated rings. The minimum atomic E-state index is 0.163. The van der Waals surface area contributed by atoms with Gasteiger partial charge in [0.1, 0.15) is 0 Å². The summed E-state index contributed by atoms with van der Waals surface area (Å²) < 4.78 is 0. The summed E-state index contributed by atoms with van der Waals surface area (Å²) in [6.07, 6.45) is 0. The standard InChI is InChI=1S/C11H13N5/c1-7-5-6-8-3-2-4-9(10(8)14-7)15-11(12)16-13/h2-6H,13H2,1H3,(H3,12,15,16). The average Bonchev–Trinajstić information content (AvgIpc) is 2.29. The third-order valence-corrected chi connectivity index (χ3v) is 2.23. The van der Waals surface area contributed by atoms with Crippen molar-refractivity contribution in [2.24, 2.45) is 16.6 Å². The van der Waals surface area contributed by atoms with Crippen LogP contribution in [0.4, 0.5) is 5.69 Å². The molecule has 2 rings (SSSR count). The SMILES string of the molecule is Cc1ccc2cccc(N=C(N)NN)c2n1. The van der Waals surface area contributed by atoms with Crippen molar-refractivity contribution in [2.75, 3.05) is 0 Å². The Hall–Kier alpha value is -2.14. The van der Waals surface area contributed by atoms with Gasteiger partial charge in [-0.1, -0.05) is 18.2 Å². The van der Waals surface area contributed by atoms with E-state index in [1.165, 1.54) is 0 Å². The van der Waals surface area contributed by atoms with Crippen LogP contribution in [0.3, 0.4) is 0 Å². The second-order valence-electron chi connectivity index (χ2n) is 3.44. The summed E-state index contributed by atoms with van der Waals surface area (Å²) in [6.45, 7) is 1.93. The number of rotatable bonds is 1. The quantitative estimate of drug-likeness (QED) is 0.286. The average molecular weight is 215 g/mol. The number of pyridine rings is 1. The molecule has 5 N–H and O–H groups in total. The van der Waals surface area contributed by atoms with Crippen molar-refractivity contribution in [3.05, 3.63) is 36.0 Å². The van der Waals surface area contributed by atoms with Crippen LogP contribution in [0.2, 0.25) is 0 Å². The Labute approximate surface area is 93.2 Å². The molecule has 0 saturated carbocycles. The second-order valence-corrected chi connectivity index (χ2v) is 3.44. The van der Waals surface area contributed by atoms with E-state index in [0.717, 1.165) is 16.6 Å². The van der Waals surface area contributed by atoms with Gasteiger partial charge in [0.05, 0.1) is 11.2 Å². The van der Waals surface area contributed by atoms with E-state index in [9.17, 15) is 0 Å². The molecule has 5 nitrogen and oxygen atoms in total. The van der Waals surface area contributed by atoms with Crippen LogP contribution in [-0.4, -0.2) is 10.9 Å². The first-order valence-corrected chi connectivity index (χ1v) is 4.88. The molecule has 0 spiro atoms. The van der Waals surface area contributed by atoms with Gasteiger partial charge in [0.2, 0.25) is 5.96 Å². The van der Waals surface area contributed by atoms with Crippen LogP contribution in [0.25, 0.3) is 10.9 Å². The van der Waals surface area contributed by atoms with Crippen molar-refractivity contribution in [1.82, 2.24) is 10.4 Å². The van der Waals surface area contributed by atoms with E-state index in [4.69, 9.17) is 11.6 Å². The molecule has 0 atom stereocenters. The summed E-state index contributed by atoms with van der Waals surface area (Å²) in [6, 6.07) is 9.69. The molecule has 1 aromatic heterocycles. The number of para-hydroxylation sites is 1. The zero-order valence-electron chi connectivity index (χ0n) is 8.94. The predicted molar refractivity (Wildman–Crippen MR) is 65.1 cm³/mol. The topological polar surface area (TPSA) is 89.3 Å². The second kappa shape index (κ2) is 4.16. The monoisotopic (exact) mass is 215 g/mol. The van der Waals surface area contributed by atoms with Gasteiger partial charge in [0.25, 0.3) is 0 Å². The van der Waals surface area contributed by atoms with E-state index in [-0.39, 0.29) is 5.96 Å². The summed E-state index contributed by atoms with van der Waals surface area (Å²) in [5.74, 6) is 5.33. The number of benzene rings is 1. The minimum absolute atomic E-state index is 0.163. The number of aliphatic imine (C=N–C) groups is 1. The van der Waals surface area contributed by atoms with Crippen LogP contribution in [0, 0.1) is 6.92 Å². The molecule has 1 heterocycles. The van der Waals surface area contributed by atoms with E-state index in [1.807, 2.05) is 37.3 Å². The van der Waals surface area contributed by atoms with Gasteiger partial charge in [-0.25, -0.2) is 10.8 Å². The van der Waals surface area contributed by atoms with Crippen LogP contribution < -0.4 is 17.0 Å². The summed E-state index contributed by atoms with van der Waals surface area (Å²) in [7, 11) is 0. The molecule has 0 aliphatic carbocycles. The van der Waals surface area contributed by atoms with E-state index >= 15 is 0 Å². The number of nitrogens with zero attached hydrogens (tertiary/aromatic N) is 2. The molecule has 0 bridgehead atoms. The van der Waals surface area contributed by atoms with Gasteiger partial charge in [0.15, 0.2) is 0 Å². The predicted octanol–water partition coefficient (Wildman–Crippen LogP) is 0.953. The van der Waals surface area contributed by atoms with Crippen molar-refractivity contribution < 1.29 is 0 Å². The number of guanidine groups is 1. The van der Waals surface area contributed by atoms with E-state index in [1.54, 1.807) is 0 Å². The van der Waals surface area contributed by atoms with Gasteiger partial charge in [-0.15, -0.1) is 0 Å². The smallest absolute Gasteiger partial charge is 0.208 e. The Morgan fingerprint density at radius 2 is 2.12 bits per heavy atom. The van der Waals surface area contributed by atoms with Crippen LogP contribution in [0.5, 0.6) is 0 Å². The summed E-state index contributed by atoms with van der Waals surface area (Å²) >= 11 is 0. The molecule has 0 saturated heterocycles. The highest BCUT2D eigenvalue weighted by molar-refractivity contribution is 5.92. The maximum Gasteiger partial charge on any atom is 0.208 e. The zero-order valence-corrected chi connectivity index (χ0v) is 8.94. The Balaban J connectivity index is 2.65. The van der Waals surface area contributed by atoms with Crippen molar-refractivity contribution in [3.8, 4) is 0 Å². The number of hydrazine groups is 1. The molecule has 1 aromatic carbocycles. The number of aromatic nitrogens is 1. The first-order valence-electron chi connectivity index (χ1n) is 4.88. The largest absolute Gasteiger partial charge is 0.369 e. The maximum atomic E-state index is 5.52. The number of nitrogens with one attached hydrogen (secondary N) is 1. The van der Waals surface area contributed by atoms with Crippen molar-refractivity contribution >= 4 is 22.5 Å². The normalized spacial score (nSPS) is 11.8. The van der Waals surface area contributed by atoms with Crippen LogP contribution in [0.15, 0.2) is 35.3 Å². The van der Waals surface area contributed by atoms with Gasteiger partial charge in [-0.3, -0.25) is 10.4 Å². The van der Waals surface area contributed by atoms with Gasteiger partial charge >= 0.3 is 0 Å².